The van der Waals surface area contributed by atoms with Gasteiger partial charge in [0.15, 0.2) is 0 Å². The molecule has 0 aliphatic carbocycles. The molecule has 0 bridgehead atoms. The molecule has 1 saturated heterocycles. The van der Waals surface area contributed by atoms with Crippen LogP contribution in [-0.4, -0.2) is 59.4 Å². The van der Waals surface area contributed by atoms with Gasteiger partial charge in [0.05, 0.1) is 13.2 Å². The Labute approximate surface area is 152 Å². The van der Waals surface area contributed by atoms with Gasteiger partial charge in [0, 0.05) is 25.2 Å². The number of nitrogens with one attached hydrogen (secondary N) is 1. The van der Waals surface area contributed by atoms with Crippen molar-refractivity contribution in [3.8, 4) is 11.3 Å². The molecule has 3 heterocycles. The van der Waals surface area contributed by atoms with Crippen molar-refractivity contribution >= 4 is 16.9 Å². The van der Waals surface area contributed by atoms with E-state index in [-0.39, 0.29) is 0 Å². The van der Waals surface area contributed by atoms with E-state index in [4.69, 9.17) is 9.26 Å². The number of ether oxygens (including phenoxy) is 1. The second-order valence-electron chi connectivity index (χ2n) is 6.53. The summed E-state index contributed by atoms with van der Waals surface area (Å²) in [6, 6.07) is 8.22. The second kappa shape index (κ2) is 7.80. The SMILES string of the molecule is Cc1ccc(-c2noc3ncnc(NCCCN4CCOCC4)c23)cc1. The third-order valence-electron chi connectivity index (χ3n) is 4.64. The normalized spacial score (nSPS) is 15.4. The van der Waals surface area contributed by atoms with Crippen molar-refractivity contribution in [2.75, 3.05) is 44.7 Å². The number of aromatic nitrogens is 3. The van der Waals surface area contributed by atoms with Crippen LogP contribution in [0.15, 0.2) is 35.1 Å². The number of hydrogen-bond acceptors (Lipinski definition) is 7. The molecule has 1 N–H and O–H groups in total. The molecule has 0 spiro atoms. The average Bonchev–Trinajstić information content (AvgIpc) is 3.12. The van der Waals surface area contributed by atoms with Crippen LogP contribution >= 0.6 is 0 Å². The van der Waals surface area contributed by atoms with Gasteiger partial charge in [-0.1, -0.05) is 35.0 Å². The summed E-state index contributed by atoms with van der Waals surface area (Å²) in [6.07, 6.45) is 2.55. The number of nitrogens with zero attached hydrogens (tertiary/aromatic N) is 4. The minimum absolute atomic E-state index is 0.506. The third-order valence-corrected chi connectivity index (χ3v) is 4.64. The lowest BCUT2D eigenvalue weighted by molar-refractivity contribution is 0.0378. The lowest BCUT2D eigenvalue weighted by atomic mass is 10.1. The van der Waals surface area contributed by atoms with Gasteiger partial charge in [-0.15, -0.1) is 0 Å². The molecule has 1 aromatic carbocycles. The number of aryl methyl sites for hydroxylation is 1. The molecule has 7 nitrogen and oxygen atoms in total. The molecule has 0 amide bonds. The van der Waals surface area contributed by atoms with Crippen LogP contribution in [0.2, 0.25) is 0 Å². The Kier molecular flexibility index (Phi) is 5.08. The molecule has 0 saturated carbocycles. The highest BCUT2D eigenvalue weighted by Gasteiger charge is 2.16. The number of anilines is 1. The standard InChI is InChI=1S/C19H23N5O2/c1-14-3-5-15(6-4-14)17-16-18(21-13-22-19(16)26-23-17)20-7-2-8-24-9-11-25-12-10-24/h3-6,13H,2,7-12H2,1H3,(H,20,21,22). The van der Waals surface area contributed by atoms with Gasteiger partial charge >= 0.3 is 0 Å². The van der Waals surface area contributed by atoms with E-state index < -0.39 is 0 Å². The van der Waals surface area contributed by atoms with Crippen molar-refractivity contribution in [1.82, 2.24) is 20.0 Å². The number of morpholine rings is 1. The van der Waals surface area contributed by atoms with Crippen molar-refractivity contribution in [3.63, 3.8) is 0 Å². The Balaban J connectivity index is 1.48. The Hall–Kier alpha value is -2.51. The fourth-order valence-electron chi connectivity index (χ4n) is 3.16. The van der Waals surface area contributed by atoms with Crippen molar-refractivity contribution in [2.24, 2.45) is 0 Å². The molecule has 136 valence electrons. The van der Waals surface area contributed by atoms with Crippen LogP contribution in [0.1, 0.15) is 12.0 Å². The first-order valence-corrected chi connectivity index (χ1v) is 9.02. The van der Waals surface area contributed by atoms with Crippen molar-refractivity contribution in [1.29, 1.82) is 0 Å². The smallest absolute Gasteiger partial charge is 0.263 e. The first-order chi connectivity index (χ1) is 12.8. The Morgan fingerprint density at radius 2 is 1.92 bits per heavy atom. The number of benzene rings is 1. The lowest BCUT2D eigenvalue weighted by Gasteiger charge is -2.26. The van der Waals surface area contributed by atoms with Crippen LogP contribution in [-0.2, 0) is 4.74 Å². The topological polar surface area (TPSA) is 76.3 Å². The summed E-state index contributed by atoms with van der Waals surface area (Å²) in [5.41, 5.74) is 3.49. The van der Waals surface area contributed by atoms with Crippen molar-refractivity contribution in [2.45, 2.75) is 13.3 Å². The zero-order valence-electron chi connectivity index (χ0n) is 14.9. The second-order valence-corrected chi connectivity index (χ2v) is 6.53. The zero-order valence-corrected chi connectivity index (χ0v) is 14.9. The summed E-state index contributed by atoms with van der Waals surface area (Å²) in [6.45, 7) is 7.65. The molecule has 1 aliphatic heterocycles. The molecule has 3 aromatic rings. The van der Waals surface area contributed by atoms with E-state index in [1.54, 1.807) is 0 Å². The lowest BCUT2D eigenvalue weighted by Crippen LogP contribution is -2.37. The predicted molar refractivity (Wildman–Crippen MR) is 100 cm³/mol. The average molecular weight is 353 g/mol. The molecular weight excluding hydrogens is 330 g/mol. The van der Waals surface area contributed by atoms with Crippen LogP contribution < -0.4 is 5.32 Å². The highest BCUT2D eigenvalue weighted by molar-refractivity contribution is 5.97. The maximum atomic E-state index is 5.41. The third kappa shape index (κ3) is 3.68. The van der Waals surface area contributed by atoms with Gasteiger partial charge in [0.25, 0.3) is 5.71 Å². The summed E-state index contributed by atoms with van der Waals surface area (Å²) >= 11 is 0. The van der Waals surface area contributed by atoms with Gasteiger partial charge in [0.2, 0.25) is 0 Å². The quantitative estimate of drug-likeness (QED) is 0.683. The molecule has 1 fully saturated rings. The molecule has 7 heteroatoms. The van der Waals surface area contributed by atoms with E-state index in [9.17, 15) is 0 Å². The van der Waals surface area contributed by atoms with Crippen molar-refractivity contribution < 1.29 is 9.26 Å². The van der Waals surface area contributed by atoms with Crippen molar-refractivity contribution in [3.05, 3.63) is 36.2 Å². The summed E-state index contributed by atoms with van der Waals surface area (Å²) in [5, 5.41) is 8.48. The summed E-state index contributed by atoms with van der Waals surface area (Å²) in [7, 11) is 0. The van der Waals surface area contributed by atoms with E-state index in [0.29, 0.717) is 5.71 Å². The van der Waals surface area contributed by atoms with Crippen LogP contribution in [0.4, 0.5) is 5.82 Å². The number of rotatable bonds is 6. The molecule has 0 radical (unpaired) electrons. The van der Waals surface area contributed by atoms with E-state index in [2.05, 4.69) is 44.4 Å². The van der Waals surface area contributed by atoms with Gasteiger partial charge in [-0.2, -0.15) is 4.98 Å². The minimum Gasteiger partial charge on any atom is -0.379 e. The predicted octanol–water partition coefficient (Wildman–Crippen LogP) is 2.73. The largest absolute Gasteiger partial charge is 0.379 e. The van der Waals surface area contributed by atoms with E-state index in [1.165, 1.54) is 11.9 Å². The molecule has 26 heavy (non-hydrogen) atoms. The fraction of sp³-hybridized carbons (Fsp3) is 0.421. The molecule has 0 unspecified atom stereocenters. The fourth-order valence-corrected chi connectivity index (χ4v) is 3.16. The Morgan fingerprint density at radius 3 is 2.73 bits per heavy atom. The summed E-state index contributed by atoms with van der Waals surface area (Å²) in [5.74, 6) is 0.772. The summed E-state index contributed by atoms with van der Waals surface area (Å²) in [4.78, 5) is 11.0. The highest BCUT2D eigenvalue weighted by atomic mass is 16.5. The molecule has 0 atom stereocenters. The number of hydrogen-bond donors (Lipinski definition) is 1. The van der Waals surface area contributed by atoms with Gasteiger partial charge in [-0.25, -0.2) is 4.98 Å². The minimum atomic E-state index is 0.506. The highest BCUT2D eigenvalue weighted by Crippen LogP contribution is 2.31. The van der Waals surface area contributed by atoms with E-state index in [1.807, 2.05) is 12.1 Å². The van der Waals surface area contributed by atoms with Gasteiger partial charge < -0.3 is 14.6 Å². The van der Waals surface area contributed by atoms with E-state index >= 15 is 0 Å². The maximum absolute atomic E-state index is 5.41. The van der Waals surface area contributed by atoms with E-state index in [0.717, 1.165) is 68.3 Å². The summed E-state index contributed by atoms with van der Waals surface area (Å²) < 4.78 is 10.8. The monoisotopic (exact) mass is 353 g/mol. The number of fused-ring (bicyclic) bond motifs is 1. The zero-order chi connectivity index (χ0) is 17.8. The van der Waals surface area contributed by atoms with Crippen LogP contribution in [0.5, 0.6) is 0 Å². The molecule has 1 aliphatic rings. The Morgan fingerprint density at radius 1 is 1.12 bits per heavy atom. The maximum Gasteiger partial charge on any atom is 0.263 e. The van der Waals surface area contributed by atoms with Gasteiger partial charge in [-0.3, -0.25) is 4.90 Å². The van der Waals surface area contributed by atoms with Crippen LogP contribution in [0, 0.1) is 6.92 Å². The van der Waals surface area contributed by atoms with Gasteiger partial charge in [-0.05, 0) is 19.9 Å². The molecular formula is C19H23N5O2. The first kappa shape index (κ1) is 16.9. The first-order valence-electron chi connectivity index (χ1n) is 9.02. The van der Waals surface area contributed by atoms with Gasteiger partial charge in [0.1, 0.15) is 23.2 Å². The van der Waals surface area contributed by atoms with Crippen LogP contribution in [0.3, 0.4) is 0 Å². The van der Waals surface area contributed by atoms with Crippen LogP contribution in [0.25, 0.3) is 22.4 Å². The molecule has 4 rings (SSSR count). The molecule has 2 aromatic heterocycles. The Bertz CT molecular complexity index is 856.